The number of fused-ring (bicyclic) bond motifs is 2. The van der Waals surface area contributed by atoms with E-state index in [0.29, 0.717) is 5.13 Å². The van der Waals surface area contributed by atoms with Gasteiger partial charge in [0.25, 0.3) is 10.0 Å². The predicted molar refractivity (Wildman–Crippen MR) is 126 cm³/mol. The van der Waals surface area contributed by atoms with Gasteiger partial charge in [0.05, 0.1) is 16.1 Å². The third kappa shape index (κ3) is 4.06. The first-order valence-corrected chi connectivity index (χ1v) is 12.3. The zero-order valence-electron chi connectivity index (χ0n) is 16.7. The first kappa shape index (κ1) is 19.8. The molecule has 0 saturated carbocycles. The number of para-hydroxylation sites is 1. The molecule has 7 nitrogen and oxygen atoms in total. The molecule has 0 spiro atoms. The molecule has 3 heterocycles. The van der Waals surface area contributed by atoms with Crippen molar-refractivity contribution in [2.45, 2.75) is 11.3 Å². The van der Waals surface area contributed by atoms with Crippen molar-refractivity contribution in [2.24, 2.45) is 0 Å². The summed E-state index contributed by atoms with van der Waals surface area (Å²) in [6, 6.07) is 15.5. The second kappa shape index (κ2) is 8.16. The molecule has 0 amide bonds. The molecular formula is C22H21N5O2S2. The average molecular weight is 452 g/mol. The average Bonchev–Trinajstić information content (AvgIpc) is 3.43. The van der Waals surface area contributed by atoms with Crippen LogP contribution in [-0.2, 0) is 16.4 Å². The molecule has 0 aliphatic carbocycles. The van der Waals surface area contributed by atoms with Crippen LogP contribution in [0.25, 0.3) is 10.9 Å². The van der Waals surface area contributed by atoms with Gasteiger partial charge in [-0.05, 0) is 42.3 Å². The Hall–Kier alpha value is -3.17. The maximum atomic E-state index is 12.6. The Morgan fingerprint density at radius 1 is 1.06 bits per heavy atom. The molecular weight excluding hydrogens is 430 g/mol. The Morgan fingerprint density at radius 3 is 2.84 bits per heavy atom. The predicted octanol–water partition coefficient (Wildman–Crippen LogP) is 3.97. The summed E-state index contributed by atoms with van der Waals surface area (Å²) in [5, 5.41) is 6.71. The molecule has 2 aromatic heterocycles. The summed E-state index contributed by atoms with van der Waals surface area (Å²) in [4.78, 5) is 11.0. The quantitative estimate of drug-likeness (QED) is 0.442. The van der Waals surface area contributed by atoms with E-state index in [9.17, 15) is 8.42 Å². The van der Waals surface area contributed by atoms with Crippen molar-refractivity contribution in [3.05, 3.63) is 71.9 Å². The number of benzene rings is 2. The van der Waals surface area contributed by atoms with E-state index in [4.69, 9.17) is 0 Å². The zero-order valence-corrected chi connectivity index (χ0v) is 18.3. The number of sulfonamides is 1. The van der Waals surface area contributed by atoms with Crippen LogP contribution in [0.2, 0.25) is 0 Å². The van der Waals surface area contributed by atoms with Crippen LogP contribution in [0.5, 0.6) is 0 Å². The smallest absolute Gasteiger partial charge is 0.263 e. The van der Waals surface area contributed by atoms with Crippen molar-refractivity contribution in [3.8, 4) is 0 Å². The third-order valence-corrected chi connectivity index (χ3v) is 7.49. The van der Waals surface area contributed by atoms with Crippen molar-refractivity contribution in [2.75, 3.05) is 34.6 Å². The lowest BCUT2D eigenvalue weighted by atomic mass is 10.2. The Labute approximate surface area is 184 Å². The fraction of sp³-hybridized carbons (Fsp3) is 0.182. The lowest BCUT2D eigenvalue weighted by molar-refractivity contribution is 0.601. The monoisotopic (exact) mass is 451 g/mol. The van der Waals surface area contributed by atoms with E-state index in [1.165, 1.54) is 11.3 Å². The normalized spacial score (nSPS) is 13.4. The number of anilines is 3. The molecule has 158 valence electrons. The van der Waals surface area contributed by atoms with Gasteiger partial charge in [0.2, 0.25) is 0 Å². The Balaban J connectivity index is 1.27. The van der Waals surface area contributed by atoms with Crippen LogP contribution in [-0.4, -0.2) is 38.0 Å². The van der Waals surface area contributed by atoms with Crippen LogP contribution < -0.4 is 14.9 Å². The van der Waals surface area contributed by atoms with Crippen LogP contribution in [0.1, 0.15) is 5.56 Å². The maximum absolute atomic E-state index is 12.6. The summed E-state index contributed by atoms with van der Waals surface area (Å²) in [5.74, 6) is 0. The molecule has 1 aliphatic rings. The topological polar surface area (TPSA) is 87.2 Å². The van der Waals surface area contributed by atoms with Gasteiger partial charge in [-0.25, -0.2) is 13.4 Å². The molecule has 4 aromatic rings. The zero-order chi connectivity index (χ0) is 21.3. The Kier molecular flexibility index (Phi) is 5.21. The molecule has 0 radical (unpaired) electrons. The van der Waals surface area contributed by atoms with E-state index in [1.54, 1.807) is 29.9 Å². The fourth-order valence-electron chi connectivity index (χ4n) is 3.87. The molecule has 0 unspecified atom stereocenters. The summed E-state index contributed by atoms with van der Waals surface area (Å²) < 4.78 is 27.8. The van der Waals surface area contributed by atoms with Crippen molar-refractivity contribution in [1.29, 1.82) is 0 Å². The minimum Gasteiger partial charge on any atom is -0.382 e. The number of nitrogens with zero attached hydrogens (tertiary/aromatic N) is 3. The third-order valence-electron chi connectivity index (χ3n) is 5.34. The van der Waals surface area contributed by atoms with E-state index in [2.05, 4.69) is 37.0 Å². The number of hydrogen-bond donors (Lipinski definition) is 2. The van der Waals surface area contributed by atoms with Gasteiger partial charge in [0.15, 0.2) is 5.13 Å². The molecule has 1 aliphatic heterocycles. The summed E-state index contributed by atoms with van der Waals surface area (Å²) >= 11 is 1.26. The maximum Gasteiger partial charge on any atom is 0.263 e. The highest BCUT2D eigenvalue weighted by Gasteiger charge is 2.23. The van der Waals surface area contributed by atoms with E-state index in [1.807, 2.05) is 24.3 Å². The van der Waals surface area contributed by atoms with Crippen molar-refractivity contribution >= 4 is 48.8 Å². The highest BCUT2D eigenvalue weighted by Crippen LogP contribution is 2.31. The Bertz CT molecular complexity index is 1320. The molecule has 0 saturated heterocycles. The first-order chi connectivity index (χ1) is 15.1. The summed E-state index contributed by atoms with van der Waals surface area (Å²) in [6.45, 7) is 2.45. The van der Waals surface area contributed by atoms with E-state index < -0.39 is 10.0 Å². The molecule has 0 atom stereocenters. The van der Waals surface area contributed by atoms with Crippen LogP contribution >= 0.6 is 11.3 Å². The van der Waals surface area contributed by atoms with E-state index >= 15 is 0 Å². The van der Waals surface area contributed by atoms with Crippen LogP contribution in [0.3, 0.4) is 0 Å². The number of rotatable bonds is 7. The second-order valence-corrected chi connectivity index (χ2v) is 9.85. The summed E-state index contributed by atoms with van der Waals surface area (Å²) in [5.41, 5.74) is 4.13. The molecule has 0 fully saturated rings. The SMILES string of the molecule is O=S(=O)(Nc1nccs1)c1ccc2c(c1)CCN2CCNc1cccc2cccnc12. The van der Waals surface area contributed by atoms with Gasteiger partial charge in [-0.15, -0.1) is 11.3 Å². The van der Waals surface area contributed by atoms with Crippen LogP contribution in [0, 0.1) is 0 Å². The van der Waals surface area contributed by atoms with Gasteiger partial charge >= 0.3 is 0 Å². The minimum absolute atomic E-state index is 0.267. The van der Waals surface area contributed by atoms with Crippen molar-refractivity contribution in [1.82, 2.24) is 9.97 Å². The van der Waals surface area contributed by atoms with E-state index in [-0.39, 0.29) is 4.90 Å². The van der Waals surface area contributed by atoms with Crippen molar-refractivity contribution in [3.63, 3.8) is 0 Å². The Morgan fingerprint density at radius 2 is 1.97 bits per heavy atom. The van der Waals surface area contributed by atoms with Gasteiger partial charge in [0, 0.05) is 48.5 Å². The van der Waals surface area contributed by atoms with Gasteiger partial charge in [-0.1, -0.05) is 18.2 Å². The number of hydrogen-bond acceptors (Lipinski definition) is 7. The highest BCUT2D eigenvalue weighted by atomic mass is 32.2. The summed E-state index contributed by atoms with van der Waals surface area (Å²) in [6.07, 6.45) is 4.20. The lowest BCUT2D eigenvalue weighted by Crippen LogP contribution is -2.27. The molecule has 0 bridgehead atoms. The molecule has 31 heavy (non-hydrogen) atoms. The minimum atomic E-state index is -3.64. The van der Waals surface area contributed by atoms with E-state index in [0.717, 1.165) is 53.9 Å². The van der Waals surface area contributed by atoms with Gasteiger partial charge in [0.1, 0.15) is 0 Å². The first-order valence-electron chi connectivity index (χ1n) is 9.98. The molecule has 9 heteroatoms. The highest BCUT2D eigenvalue weighted by molar-refractivity contribution is 7.93. The summed E-state index contributed by atoms with van der Waals surface area (Å²) in [7, 11) is -3.64. The standard InChI is InChI=1S/C22H21N5O2S2/c28-31(29,26-22-25-11-14-30-22)18-6-7-20-17(15-18)8-12-27(20)13-10-23-19-5-1-3-16-4-2-9-24-21(16)19/h1-7,9,11,14-15,23H,8,10,12-13H2,(H,25,26). The van der Waals surface area contributed by atoms with Gasteiger partial charge < -0.3 is 10.2 Å². The van der Waals surface area contributed by atoms with Gasteiger partial charge in [-0.2, -0.15) is 0 Å². The number of pyridine rings is 1. The molecule has 2 N–H and O–H groups in total. The number of aromatic nitrogens is 2. The number of thiazole rings is 1. The molecule has 5 rings (SSSR count). The second-order valence-electron chi connectivity index (χ2n) is 7.28. The van der Waals surface area contributed by atoms with Crippen molar-refractivity contribution < 1.29 is 8.42 Å². The number of nitrogens with one attached hydrogen (secondary N) is 2. The fourth-order valence-corrected chi connectivity index (χ4v) is 5.70. The van der Waals surface area contributed by atoms with Crippen LogP contribution in [0.15, 0.2) is 71.2 Å². The van der Waals surface area contributed by atoms with Crippen LogP contribution in [0.4, 0.5) is 16.5 Å². The molecule has 2 aromatic carbocycles. The lowest BCUT2D eigenvalue weighted by Gasteiger charge is -2.20. The largest absolute Gasteiger partial charge is 0.382 e. The van der Waals surface area contributed by atoms with Gasteiger partial charge in [-0.3, -0.25) is 9.71 Å².